The molecule has 4 aromatic carbocycles. The number of methoxy groups -OCH3 is 1. The van der Waals surface area contributed by atoms with E-state index in [4.69, 9.17) is 4.74 Å². The van der Waals surface area contributed by atoms with Crippen molar-refractivity contribution in [1.29, 1.82) is 0 Å². The van der Waals surface area contributed by atoms with E-state index in [1.807, 2.05) is 91.9 Å². The summed E-state index contributed by atoms with van der Waals surface area (Å²) in [5.41, 5.74) is 3.17. The van der Waals surface area contributed by atoms with Crippen LogP contribution in [0, 0.1) is 0 Å². The van der Waals surface area contributed by atoms with E-state index >= 15 is 0 Å². The van der Waals surface area contributed by atoms with Crippen molar-refractivity contribution >= 4 is 27.5 Å². The molecule has 0 bridgehead atoms. The summed E-state index contributed by atoms with van der Waals surface area (Å²) < 4.78 is 31.3. The zero-order valence-electron chi connectivity index (χ0n) is 27.7. The maximum Gasteiger partial charge on any atom is 0.251 e. The summed E-state index contributed by atoms with van der Waals surface area (Å²) in [4.78, 5) is 27.4. The number of nitrogens with one attached hydrogen (secondary N) is 3. The molecule has 10 nitrogen and oxygen atoms in total. The molecule has 48 heavy (non-hydrogen) atoms. The number of aliphatic hydroxyl groups excluding tert-OH is 1. The van der Waals surface area contributed by atoms with Crippen molar-refractivity contribution in [2.24, 2.45) is 0 Å². The van der Waals surface area contributed by atoms with Gasteiger partial charge in [0.15, 0.2) is 0 Å². The number of carbonyl (C=O) groups excluding carboxylic acids is 2. The van der Waals surface area contributed by atoms with Crippen LogP contribution in [0.5, 0.6) is 5.75 Å². The first-order valence-corrected chi connectivity index (χ1v) is 17.6. The van der Waals surface area contributed by atoms with E-state index in [1.54, 1.807) is 7.11 Å². The smallest absolute Gasteiger partial charge is 0.251 e. The van der Waals surface area contributed by atoms with Gasteiger partial charge in [0.05, 0.1) is 37.2 Å². The molecule has 0 aliphatic rings. The molecule has 254 valence electrons. The van der Waals surface area contributed by atoms with Gasteiger partial charge in [-0.1, -0.05) is 79.7 Å². The highest BCUT2D eigenvalue weighted by Gasteiger charge is 2.25. The maximum absolute atomic E-state index is 13.9. The lowest BCUT2D eigenvalue weighted by atomic mass is 9.99. The summed E-state index contributed by atoms with van der Waals surface area (Å²) >= 11 is 0. The van der Waals surface area contributed by atoms with Crippen molar-refractivity contribution in [3.8, 4) is 5.75 Å². The van der Waals surface area contributed by atoms with Crippen LogP contribution in [0.4, 0.5) is 5.69 Å². The first-order chi connectivity index (χ1) is 23.0. The molecule has 0 spiro atoms. The van der Waals surface area contributed by atoms with E-state index in [2.05, 4.69) is 16.0 Å². The van der Waals surface area contributed by atoms with Crippen LogP contribution in [-0.4, -0.2) is 64.4 Å². The number of carbonyl (C=O) groups is 2. The van der Waals surface area contributed by atoms with Gasteiger partial charge in [-0.2, -0.15) is 0 Å². The van der Waals surface area contributed by atoms with Gasteiger partial charge < -0.3 is 25.8 Å². The average molecular weight is 673 g/mol. The van der Waals surface area contributed by atoms with Gasteiger partial charge >= 0.3 is 0 Å². The molecule has 0 radical (unpaired) electrons. The van der Waals surface area contributed by atoms with Gasteiger partial charge in [0.25, 0.3) is 11.8 Å². The number of nitrogens with zero attached hydrogens (tertiary/aromatic N) is 1. The summed E-state index contributed by atoms with van der Waals surface area (Å²) in [7, 11) is -0.747. The first-order valence-electron chi connectivity index (χ1n) is 15.8. The lowest BCUT2D eigenvalue weighted by Crippen LogP contribution is -2.48. The van der Waals surface area contributed by atoms with Crippen LogP contribution in [0.1, 0.15) is 56.8 Å². The lowest BCUT2D eigenvalue weighted by molar-refractivity contribution is 0.0830. The van der Waals surface area contributed by atoms with Gasteiger partial charge in [0.1, 0.15) is 5.75 Å². The van der Waals surface area contributed by atoms with Crippen LogP contribution in [0.3, 0.4) is 0 Å². The van der Waals surface area contributed by atoms with Crippen LogP contribution in [0.15, 0.2) is 103 Å². The third kappa shape index (κ3) is 10.1. The quantitative estimate of drug-likeness (QED) is 0.138. The Bertz CT molecular complexity index is 1770. The third-order valence-electron chi connectivity index (χ3n) is 8.11. The second kappa shape index (κ2) is 16.9. The normalized spacial score (nSPS) is 13.2. The van der Waals surface area contributed by atoms with E-state index in [0.717, 1.165) is 33.0 Å². The lowest BCUT2D eigenvalue weighted by Gasteiger charge is -2.26. The Morgan fingerprint density at radius 2 is 1.44 bits per heavy atom. The molecule has 4 aromatic rings. The molecular weight excluding hydrogens is 628 g/mol. The van der Waals surface area contributed by atoms with Crippen LogP contribution in [-0.2, 0) is 23.0 Å². The van der Waals surface area contributed by atoms with E-state index < -0.39 is 34.0 Å². The molecule has 11 heteroatoms. The van der Waals surface area contributed by atoms with E-state index in [9.17, 15) is 23.1 Å². The Balaban J connectivity index is 1.59. The monoisotopic (exact) mass is 672 g/mol. The fraction of sp³-hybridized carbons (Fsp3) is 0.297. The van der Waals surface area contributed by atoms with Crippen molar-refractivity contribution in [2.75, 3.05) is 31.3 Å². The minimum absolute atomic E-state index is 0.0792. The molecule has 3 atom stereocenters. The largest absolute Gasteiger partial charge is 0.497 e. The molecule has 0 aromatic heterocycles. The van der Waals surface area contributed by atoms with Crippen molar-refractivity contribution in [2.45, 2.75) is 44.5 Å². The Morgan fingerprint density at radius 1 is 0.833 bits per heavy atom. The minimum Gasteiger partial charge on any atom is -0.497 e. The molecule has 4 rings (SSSR count). The van der Waals surface area contributed by atoms with Gasteiger partial charge in [-0.05, 0) is 59.9 Å². The van der Waals surface area contributed by atoms with Crippen LogP contribution < -0.4 is 25.0 Å². The van der Waals surface area contributed by atoms with Crippen LogP contribution >= 0.6 is 0 Å². The standard InChI is InChI=1S/C37H44N4O6S/c1-5-33(28-16-10-7-11-17-28)39-36(43)29-21-30(23-31(22-29)41(2)48(4,45)46)37(44)40-34(20-26-13-8-6-9-14-26)35(42)25-38-24-27-15-12-18-32(19-27)47-3/h6-19,21-23,33-35,38,42H,5,20,24-25H2,1-4H3,(H,39,43)(H,40,44)/t33-,34+,35-/m1/s1. The molecule has 0 aliphatic heterocycles. The molecule has 4 N–H and O–H groups in total. The summed E-state index contributed by atoms with van der Waals surface area (Å²) in [6, 6.07) is 29.9. The molecule has 2 amide bonds. The van der Waals surface area contributed by atoms with Crippen molar-refractivity contribution < 1.29 is 27.9 Å². The second-order valence-electron chi connectivity index (χ2n) is 11.7. The van der Waals surface area contributed by atoms with Crippen molar-refractivity contribution in [1.82, 2.24) is 16.0 Å². The third-order valence-corrected chi connectivity index (χ3v) is 9.32. The number of hydrogen-bond donors (Lipinski definition) is 4. The number of amides is 2. The Morgan fingerprint density at radius 3 is 2.04 bits per heavy atom. The Labute approximate surface area is 283 Å². The number of benzene rings is 4. The summed E-state index contributed by atoms with van der Waals surface area (Å²) in [6.45, 7) is 2.60. The van der Waals surface area contributed by atoms with Gasteiger partial charge in [-0.3, -0.25) is 13.9 Å². The summed E-state index contributed by atoms with van der Waals surface area (Å²) in [5, 5.41) is 20.5. The van der Waals surface area contributed by atoms with Crippen LogP contribution in [0.25, 0.3) is 0 Å². The fourth-order valence-electron chi connectivity index (χ4n) is 5.29. The topological polar surface area (TPSA) is 137 Å². The highest BCUT2D eigenvalue weighted by molar-refractivity contribution is 7.92. The average Bonchev–Trinajstić information content (AvgIpc) is 3.10. The van der Waals surface area contributed by atoms with E-state index in [-0.39, 0.29) is 29.4 Å². The molecule has 0 saturated heterocycles. The zero-order chi connectivity index (χ0) is 34.7. The molecular formula is C37H44N4O6S. The molecule has 0 heterocycles. The number of aliphatic hydroxyl groups is 1. The number of ether oxygens (including phenoxy) is 1. The van der Waals surface area contributed by atoms with Gasteiger partial charge in [0.2, 0.25) is 10.0 Å². The SMILES string of the molecule is CC[C@@H](NC(=O)c1cc(C(=O)N[C@@H](Cc2ccccc2)[C@H](O)CNCc2cccc(OC)c2)cc(N(C)S(C)(=O)=O)c1)c1ccccc1. The van der Waals surface area contributed by atoms with Crippen molar-refractivity contribution in [3.05, 3.63) is 131 Å². The predicted octanol–water partition coefficient (Wildman–Crippen LogP) is 4.46. The molecule has 0 saturated carbocycles. The number of anilines is 1. The minimum atomic E-state index is -3.71. The van der Waals surface area contributed by atoms with Gasteiger partial charge in [-0.15, -0.1) is 0 Å². The predicted molar refractivity (Wildman–Crippen MR) is 189 cm³/mol. The Kier molecular flexibility index (Phi) is 12.7. The number of hydrogen-bond acceptors (Lipinski definition) is 7. The van der Waals surface area contributed by atoms with E-state index in [0.29, 0.717) is 19.4 Å². The molecule has 0 fully saturated rings. The van der Waals surface area contributed by atoms with E-state index in [1.165, 1.54) is 25.2 Å². The maximum atomic E-state index is 13.9. The van der Waals surface area contributed by atoms with Crippen LogP contribution in [0.2, 0.25) is 0 Å². The van der Waals surface area contributed by atoms with Gasteiger partial charge in [-0.25, -0.2) is 8.42 Å². The highest BCUT2D eigenvalue weighted by Crippen LogP contribution is 2.23. The fourth-order valence-corrected chi connectivity index (χ4v) is 5.78. The highest BCUT2D eigenvalue weighted by atomic mass is 32.2. The number of rotatable bonds is 16. The number of sulfonamides is 1. The first kappa shape index (κ1) is 36.1. The summed E-state index contributed by atoms with van der Waals surface area (Å²) in [6.07, 6.45) is 1.02. The second-order valence-corrected chi connectivity index (χ2v) is 13.7. The van der Waals surface area contributed by atoms with Gasteiger partial charge in [0, 0.05) is 31.3 Å². The molecule has 0 aliphatic carbocycles. The Hall–Kier alpha value is -4.71. The zero-order valence-corrected chi connectivity index (χ0v) is 28.5. The summed E-state index contributed by atoms with van der Waals surface area (Å²) in [5.74, 6) is -0.284. The van der Waals surface area contributed by atoms with Crippen molar-refractivity contribution in [3.63, 3.8) is 0 Å². The molecule has 0 unspecified atom stereocenters.